The quantitative estimate of drug-likeness (QED) is 0.310. The fourth-order valence-corrected chi connectivity index (χ4v) is 5.24. The molecule has 0 spiro atoms. The predicted octanol–water partition coefficient (Wildman–Crippen LogP) is 5.96. The van der Waals surface area contributed by atoms with Crippen LogP contribution in [0.4, 0.5) is 0 Å². The first kappa shape index (κ1) is 24.9. The number of rotatable bonds is 9. The van der Waals surface area contributed by atoms with Crippen LogP contribution in [-0.4, -0.2) is 37.4 Å². The van der Waals surface area contributed by atoms with E-state index in [1.54, 1.807) is 14.2 Å². The van der Waals surface area contributed by atoms with Crippen molar-refractivity contribution in [3.05, 3.63) is 125 Å². The van der Waals surface area contributed by atoms with Crippen molar-refractivity contribution in [1.29, 1.82) is 0 Å². The molecule has 1 N–H and O–H groups in total. The van der Waals surface area contributed by atoms with Crippen LogP contribution in [0.25, 0.3) is 0 Å². The highest BCUT2D eigenvalue weighted by Crippen LogP contribution is 2.44. The summed E-state index contributed by atoms with van der Waals surface area (Å²) < 4.78 is 17.3. The van der Waals surface area contributed by atoms with Crippen LogP contribution in [0.15, 0.2) is 97.1 Å². The van der Waals surface area contributed by atoms with Crippen molar-refractivity contribution in [3.8, 4) is 17.2 Å². The molecule has 0 saturated carbocycles. The SMILES string of the molecule is COc1cc2c(cc1OC)[C@@H](c1ccc(OCc3ccccc3)cc1)N([C@@H](CO)c1ccccc1)CC2. The van der Waals surface area contributed by atoms with Crippen LogP contribution in [0.1, 0.15) is 39.9 Å². The Morgan fingerprint density at radius 3 is 2.14 bits per heavy atom. The molecule has 0 amide bonds. The highest BCUT2D eigenvalue weighted by molar-refractivity contribution is 5.52. The molecule has 0 unspecified atom stereocenters. The number of hydrogen-bond acceptors (Lipinski definition) is 5. The Hall–Kier alpha value is -3.80. The number of ether oxygens (including phenoxy) is 3. The van der Waals surface area contributed by atoms with Crippen LogP contribution < -0.4 is 14.2 Å². The lowest BCUT2D eigenvalue weighted by molar-refractivity contribution is 0.0901. The van der Waals surface area contributed by atoms with Gasteiger partial charge in [-0.3, -0.25) is 4.90 Å². The average Bonchev–Trinajstić information content (AvgIpc) is 2.97. The third kappa shape index (κ3) is 5.33. The molecule has 1 aliphatic heterocycles. The Labute approximate surface area is 218 Å². The topological polar surface area (TPSA) is 51.2 Å². The molecule has 1 heterocycles. The molecule has 37 heavy (non-hydrogen) atoms. The van der Waals surface area contributed by atoms with Gasteiger partial charge in [-0.25, -0.2) is 0 Å². The molecule has 190 valence electrons. The summed E-state index contributed by atoms with van der Waals surface area (Å²) in [6.07, 6.45) is 0.855. The molecule has 0 radical (unpaired) electrons. The molecule has 1 aliphatic rings. The maximum atomic E-state index is 10.5. The first-order valence-corrected chi connectivity index (χ1v) is 12.6. The third-order valence-electron chi connectivity index (χ3n) is 7.11. The van der Waals surface area contributed by atoms with Crippen LogP contribution in [0.3, 0.4) is 0 Å². The molecule has 5 heteroatoms. The number of aliphatic hydroxyl groups is 1. The summed E-state index contributed by atoms with van der Waals surface area (Å²) in [7, 11) is 3.33. The fourth-order valence-electron chi connectivity index (χ4n) is 5.24. The molecule has 4 aromatic carbocycles. The minimum absolute atomic E-state index is 0.0292. The summed E-state index contributed by atoms with van der Waals surface area (Å²) in [6, 6.07) is 32.7. The van der Waals surface area contributed by atoms with Crippen molar-refractivity contribution in [1.82, 2.24) is 4.90 Å². The zero-order valence-corrected chi connectivity index (χ0v) is 21.3. The van der Waals surface area contributed by atoms with Crippen molar-refractivity contribution in [2.75, 3.05) is 27.4 Å². The van der Waals surface area contributed by atoms with Gasteiger partial charge >= 0.3 is 0 Å². The zero-order chi connectivity index (χ0) is 25.6. The fraction of sp³-hybridized carbons (Fsp3) is 0.250. The molecule has 0 bridgehead atoms. The van der Waals surface area contributed by atoms with Crippen LogP contribution in [-0.2, 0) is 13.0 Å². The molecular weight excluding hydrogens is 462 g/mol. The number of benzene rings is 4. The Morgan fingerprint density at radius 2 is 1.49 bits per heavy atom. The van der Waals surface area contributed by atoms with Crippen LogP contribution in [0, 0.1) is 0 Å². The van der Waals surface area contributed by atoms with E-state index in [0.717, 1.165) is 46.7 Å². The van der Waals surface area contributed by atoms with Crippen molar-refractivity contribution >= 4 is 0 Å². The molecule has 0 aliphatic carbocycles. The smallest absolute Gasteiger partial charge is 0.161 e. The number of methoxy groups -OCH3 is 2. The van der Waals surface area contributed by atoms with Gasteiger partial charge in [-0.1, -0.05) is 72.8 Å². The normalized spacial score (nSPS) is 16.0. The molecule has 0 saturated heterocycles. The van der Waals surface area contributed by atoms with Crippen molar-refractivity contribution in [2.45, 2.75) is 25.1 Å². The van der Waals surface area contributed by atoms with Gasteiger partial charge in [0.1, 0.15) is 12.4 Å². The average molecular weight is 496 g/mol. The van der Waals surface area contributed by atoms with Gasteiger partial charge in [0.05, 0.1) is 32.9 Å². The highest BCUT2D eigenvalue weighted by Gasteiger charge is 2.35. The molecular formula is C32H33NO4. The second kappa shape index (κ2) is 11.5. The Balaban J connectivity index is 1.51. The number of nitrogens with zero attached hydrogens (tertiary/aromatic N) is 1. The second-order valence-corrected chi connectivity index (χ2v) is 9.25. The van der Waals surface area contributed by atoms with Gasteiger partial charge in [0.2, 0.25) is 0 Å². The lowest BCUT2D eigenvalue weighted by Crippen LogP contribution is -2.40. The van der Waals surface area contributed by atoms with Crippen molar-refractivity contribution < 1.29 is 19.3 Å². The van der Waals surface area contributed by atoms with Gasteiger partial charge in [-0.15, -0.1) is 0 Å². The maximum absolute atomic E-state index is 10.5. The van der Waals surface area contributed by atoms with Gasteiger partial charge in [0.25, 0.3) is 0 Å². The Kier molecular flexibility index (Phi) is 7.73. The van der Waals surface area contributed by atoms with E-state index in [9.17, 15) is 5.11 Å². The second-order valence-electron chi connectivity index (χ2n) is 9.25. The van der Waals surface area contributed by atoms with E-state index in [1.165, 1.54) is 5.56 Å². The standard InChI is InChI=1S/C32H33NO4/c1-35-30-19-26-17-18-33(29(21-34)24-11-7-4-8-12-24)32(28(26)20-31(30)36-2)25-13-15-27(16-14-25)37-22-23-9-5-3-6-10-23/h3-16,19-20,29,32,34H,17-18,21-22H2,1-2H3/t29-,32+/m0/s1. The van der Waals surface area contributed by atoms with Crippen LogP contribution in [0.5, 0.6) is 17.2 Å². The lowest BCUT2D eigenvalue weighted by Gasteiger charge is -2.42. The van der Waals surface area contributed by atoms with E-state index in [2.05, 4.69) is 53.4 Å². The predicted molar refractivity (Wildman–Crippen MR) is 145 cm³/mol. The van der Waals surface area contributed by atoms with Crippen molar-refractivity contribution in [2.24, 2.45) is 0 Å². The molecule has 0 fully saturated rings. The Morgan fingerprint density at radius 1 is 0.838 bits per heavy atom. The first-order valence-electron chi connectivity index (χ1n) is 12.6. The van der Waals surface area contributed by atoms with E-state index in [1.807, 2.05) is 48.5 Å². The largest absolute Gasteiger partial charge is 0.493 e. The van der Waals surface area contributed by atoms with E-state index < -0.39 is 0 Å². The molecule has 5 rings (SSSR count). The summed E-state index contributed by atoms with van der Waals surface area (Å²) in [5.74, 6) is 2.26. The summed E-state index contributed by atoms with van der Waals surface area (Å²) in [4.78, 5) is 2.39. The van der Waals surface area contributed by atoms with Gasteiger partial charge in [0, 0.05) is 6.54 Å². The van der Waals surface area contributed by atoms with Crippen LogP contribution >= 0.6 is 0 Å². The minimum atomic E-state index is -0.138. The minimum Gasteiger partial charge on any atom is -0.493 e. The van der Waals surface area contributed by atoms with E-state index in [-0.39, 0.29) is 18.7 Å². The zero-order valence-electron chi connectivity index (χ0n) is 21.3. The molecule has 0 aromatic heterocycles. The highest BCUT2D eigenvalue weighted by atomic mass is 16.5. The van der Waals surface area contributed by atoms with Crippen LogP contribution in [0.2, 0.25) is 0 Å². The first-order chi connectivity index (χ1) is 18.2. The summed E-state index contributed by atoms with van der Waals surface area (Å²) in [5.41, 5.74) is 5.76. The lowest BCUT2D eigenvalue weighted by atomic mass is 9.85. The van der Waals surface area contributed by atoms with E-state index in [0.29, 0.717) is 12.4 Å². The molecule has 5 nitrogen and oxygen atoms in total. The summed E-state index contributed by atoms with van der Waals surface area (Å²) in [5, 5.41) is 10.5. The summed E-state index contributed by atoms with van der Waals surface area (Å²) >= 11 is 0. The monoisotopic (exact) mass is 495 g/mol. The summed E-state index contributed by atoms with van der Waals surface area (Å²) in [6.45, 7) is 1.36. The van der Waals surface area contributed by atoms with E-state index >= 15 is 0 Å². The molecule has 4 aromatic rings. The maximum Gasteiger partial charge on any atom is 0.161 e. The van der Waals surface area contributed by atoms with Gasteiger partial charge < -0.3 is 19.3 Å². The van der Waals surface area contributed by atoms with Gasteiger partial charge in [-0.05, 0) is 58.5 Å². The number of aliphatic hydroxyl groups excluding tert-OH is 1. The number of hydrogen-bond donors (Lipinski definition) is 1. The van der Waals surface area contributed by atoms with Gasteiger partial charge in [0.15, 0.2) is 11.5 Å². The number of fused-ring (bicyclic) bond motifs is 1. The van der Waals surface area contributed by atoms with Crippen molar-refractivity contribution in [3.63, 3.8) is 0 Å². The van der Waals surface area contributed by atoms with E-state index in [4.69, 9.17) is 14.2 Å². The third-order valence-corrected chi connectivity index (χ3v) is 7.11. The Bertz CT molecular complexity index is 1290. The van der Waals surface area contributed by atoms with Gasteiger partial charge in [-0.2, -0.15) is 0 Å². The molecule has 2 atom stereocenters.